The van der Waals surface area contributed by atoms with Crippen LogP contribution in [-0.2, 0) is 6.42 Å². The summed E-state index contributed by atoms with van der Waals surface area (Å²) < 4.78 is 16.9. The van der Waals surface area contributed by atoms with Gasteiger partial charge in [-0.3, -0.25) is 4.99 Å². The van der Waals surface area contributed by atoms with E-state index < -0.39 is 0 Å². The van der Waals surface area contributed by atoms with Crippen LogP contribution < -0.4 is 20.1 Å². The molecule has 2 aromatic rings. The second kappa shape index (κ2) is 10.6. The van der Waals surface area contributed by atoms with Gasteiger partial charge in [0.15, 0.2) is 17.5 Å². The van der Waals surface area contributed by atoms with E-state index >= 15 is 0 Å². The van der Waals surface area contributed by atoms with Crippen LogP contribution in [0.15, 0.2) is 46.0 Å². The molecule has 2 heterocycles. The van der Waals surface area contributed by atoms with Gasteiger partial charge in [-0.05, 0) is 37.9 Å². The second-order valence-electron chi connectivity index (χ2n) is 6.72. The van der Waals surface area contributed by atoms with Crippen LogP contribution in [0.1, 0.15) is 19.1 Å². The summed E-state index contributed by atoms with van der Waals surface area (Å²) in [6.07, 6.45) is 3.38. The number of rotatable bonds is 8. The topological polar surface area (TPSA) is 71.3 Å². The van der Waals surface area contributed by atoms with E-state index in [4.69, 9.17) is 18.9 Å². The minimum Gasteiger partial charge on any atom is -0.490 e. The third-order valence-electron chi connectivity index (χ3n) is 4.55. The van der Waals surface area contributed by atoms with Gasteiger partial charge in [0.1, 0.15) is 5.76 Å². The molecule has 7 heteroatoms. The monoisotopic (exact) mass is 386 g/mol. The van der Waals surface area contributed by atoms with Crippen molar-refractivity contribution in [1.29, 1.82) is 0 Å². The predicted octanol–water partition coefficient (Wildman–Crippen LogP) is 2.99. The molecule has 0 fully saturated rings. The molecule has 0 saturated heterocycles. The van der Waals surface area contributed by atoms with Gasteiger partial charge in [-0.1, -0.05) is 6.92 Å². The van der Waals surface area contributed by atoms with Crippen LogP contribution in [0, 0.1) is 0 Å². The number of ether oxygens (including phenoxy) is 2. The second-order valence-corrected chi connectivity index (χ2v) is 6.72. The molecular formula is C21H30N4O3. The molecule has 7 nitrogen and oxygen atoms in total. The first kappa shape index (κ1) is 20.1. The van der Waals surface area contributed by atoms with Crippen molar-refractivity contribution in [3.63, 3.8) is 0 Å². The Morgan fingerprint density at radius 2 is 2.04 bits per heavy atom. The molecule has 0 amide bonds. The van der Waals surface area contributed by atoms with Crippen LogP contribution in [0.4, 0.5) is 5.69 Å². The summed E-state index contributed by atoms with van der Waals surface area (Å²) in [4.78, 5) is 6.94. The van der Waals surface area contributed by atoms with Crippen molar-refractivity contribution in [3.05, 3.63) is 42.4 Å². The molecule has 1 aromatic carbocycles. The Morgan fingerprint density at radius 3 is 2.82 bits per heavy atom. The first-order chi connectivity index (χ1) is 13.7. The largest absolute Gasteiger partial charge is 0.490 e. The first-order valence-electron chi connectivity index (χ1n) is 9.90. The number of aliphatic imine (C=N–C) groups is 1. The zero-order valence-corrected chi connectivity index (χ0v) is 16.7. The van der Waals surface area contributed by atoms with Crippen molar-refractivity contribution in [2.45, 2.75) is 19.8 Å². The van der Waals surface area contributed by atoms with E-state index in [1.165, 1.54) is 0 Å². The Labute approximate surface area is 166 Å². The van der Waals surface area contributed by atoms with E-state index in [0.717, 1.165) is 61.4 Å². The highest BCUT2D eigenvalue weighted by Gasteiger charge is 2.11. The quantitative estimate of drug-likeness (QED) is 0.537. The number of nitrogens with zero attached hydrogens (tertiary/aromatic N) is 2. The van der Waals surface area contributed by atoms with E-state index in [2.05, 4.69) is 29.5 Å². The lowest BCUT2D eigenvalue weighted by Gasteiger charge is -2.16. The number of hydrogen-bond acceptors (Lipinski definition) is 5. The number of guanidine groups is 1. The summed E-state index contributed by atoms with van der Waals surface area (Å²) in [5.41, 5.74) is 0.914. The van der Waals surface area contributed by atoms with Crippen molar-refractivity contribution >= 4 is 11.6 Å². The highest BCUT2D eigenvalue weighted by molar-refractivity contribution is 5.94. The Balaban J connectivity index is 1.63. The third kappa shape index (κ3) is 6.20. The SMILES string of the molecule is CCN(C)CCN=C(NCCc1ccco1)Nc1ccc2c(c1)OCCCO2. The molecule has 1 aliphatic heterocycles. The average molecular weight is 386 g/mol. The number of fused-ring (bicyclic) bond motifs is 1. The summed E-state index contributed by atoms with van der Waals surface area (Å²) in [6.45, 7) is 6.85. The lowest BCUT2D eigenvalue weighted by atomic mass is 10.2. The summed E-state index contributed by atoms with van der Waals surface area (Å²) >= 11 is 0. The van der Waals surface area contributed by atoms with Crippen molar-refractivity contribution in [2.75, 3.05) is 51.8 Å². The number of nitrogens with one attached hydrogen (secondary N) is 2. The fraction of sp³-hybridized carbons (Fsp3) is 0.476. The van der Waals surface area contributed by atoms with Crippen molar-refractivity contribution in [1.82, 2.24) is 10.2 Å². The highest BCUT2D eigenvalue weighted by Crippen LogP contribution is 2.32. The molecule has 0 spiro atoms. The van der Waals surface area contributed by atoms with Crippen LogP contribution >= 0.6 is 0 Å². The number of furan rings is 1. The minimum atomic E-state index is 0.669. The van der Waals surface area contributed by atoms with Gasteiger partial charge in [-0.2, -0.15) is 0 Å². The van der Waals surface area contributed by atoms with E-state index in [1.54, 1.807) is 6.26 Å². The van der Waals surface area contributed by atoms with Crippen LogP contribution in [0.25, 0.3) is 0 Å². The Bertz CT molecular complexity index is 746. The Kier molecular flexibility index (Phi) is 7.61. The van der Waals surface area contributed by atoms with Gasteiger partial charge in [0.05, 0.1) is 26.0 Å². The molecule has 1 aliphatic rings. The minimum absolute atomic E-state index is 0.669. The lowest BCUT2D eigenvalue weighted by molar-refractivity contribution is 0.297. The van der Waals surface area contributed by atoms with Gasteiger partial charge in [-0.15, -0.1) is 0 Å². The molecule has 0 bridgehead atoms. The van der Waals surface area contributed by atoms with Gasteiger partial charge in [0.25, 0.3) is 0 Å². The van der Waals surface area contributed by atoms with Gasteiger partial charge in [0, 0.05) is 37.7 Å². The fourth-order valence-corrected chi connectivity index (χ4v) is 2.77. The maximum atomic E-state index is 5.78. The molecular weight excluding hydrogens is 356 g/mol. The van der Waals surface area contributed by atoms with Crippen molar-refractivity contribution in [3.8, 4) is 11.5 Å². The van der Waals surface area contributed by atoms with Crippen molar-refractivity contribution in [2.24, 2.45) is 4.99 Å². The first-order valence-corrected chi connectivity index (χ1v) is 9.90. The number of anilines is 1. The number of benzene rings is 1. The van der Waals surface area contributed by atoms with Crippen LogP contribution in [0.2, 0.25) is 0 Å². The summed E-state index contributed by atoms with van der Waals surface area (Å²) in [5.74, 6) is 3.25. The van der Waals surface area contributed by atoms with Gasteiger partial charge < -0.3 is 29.4 Å². The molecule has 3 rings (SSSR count). The highest BCUT2D eigenvalue weighted by atomic mass is 16.5. The average Bonchev–Trinajstić information content (AvgIpc) is 3.11. The maximum Gasteiger partial charge on any atom is 0.195 e. The van der Waals surface area contributed by atoms with E-state index in [0.29, 0.717) is 19.8 Å². The molecule has 0 atom stereocenters. The van der Waals surface area contributed by atoms with Gasteiger partial charge in [-0.25, -0.2) is 0 Å². The van der Waals surface area contributed by atoms with Crippen molar-refractivity contribution < 1.29 is 13.9 Å². The zero-order chi connectivity index (χ0) is 19.6. The third-order valence-corrected chi connectivity index (χ3v) is 4.55. The van der Waals surface area contributed by atoms with E-state index in [-0.39, 0.29) is 0 Å². The van der Waals surface area contributed by atoms with Crippen LogP contribution in [0.5, 0.6) is 11.5 Å². The molecule has 2 N–H and O–H groups in total. The standard InChI is InChI=1S/C21H30N4O3/c1-3-25(2)12-11-23-21(22-10-9-18-6-4-13-26-18)24-17-7-8-19-20(16-17)28-15-5-14-27-19/h4,6-8,13,16H,3,5,9-12,14-15H2,1-2H3,(H2,22,23,24). The summed E-state index contributed by atoms with van der Waals surface area (Å²) in [6, 6.07) is 9.76. The number of hydrogen-bond donors (Lipinski definition) is 2. The molecule has 0 saturated carbocycles. The summed E-state index contributed by atoms with van der Waals surface area (Å²) in [7, 11) is 2.09. The summed E-state index contributed by atoms with van der Waals surface area (Å²) in [5, 5.41) is 6.75. The van der Waals surface area contributed by atoms with Crippen LogP contribution in [0.3, 0.4) is 0 Å². The van der Waals surface area contributed by atoms with E-state index in [1.807, 2.05) is 30.3 Å². The molecule has 152 valence electrons. The Hall–Kier alpha value is -2.67. The molecule has 0 unspecified atom stereocenters. The zero-order valence-electron chi connectivity index (χ0n) is 16.7. The smallest absolute Gasteiger partial charge is 0.195 e. The molecule has 0 aliphatic carbocycles. The van der Waals surface area contributed by atoms with E-state index in [9.17, 15) is 0 Å². The molecule has 28 heavy (non-hydrogen) atoms. The normalized spacial score (nSPS) is 14.0. The predicted molar refractivity (Wildman–Crippen MR) is 112 cm³/mol. The van der Waals surface area contributed by atoms with Gasteiger partial charge >= 0.3 is 0 Å². The van der Waals surface area contributed by atoms with Gasteiger partial charge in [0.2, 0.25) is 0 Å². The lowest BCUT2D eigenvalue weighted by Crippen LogP contribution is -2.33. The molecule has 0 radical (unpaired) electrons. The Morgan fingerprint density at radius 1 is 1.18 bits per heavy atom. The van der Waals surface area contributed by atoms with Crippen LogP contribution in [-0.4, -0.2) is 57.3 Å². The molecule has 1 aromatic heterocycles. The maximum absolute atomic E-state index is 5.78. The number of likely N-dealkylation sites (N-methyl/N-ethyl adjacent to an activating group) is 1. The fourth-order valence-electron chi connectivity index (χ4n) is 2.77.